The molecule has 7 heteroatoms. The highest BCUT2D eigenvalue weighted by Gasteiger charge is 2.21. The minimum absolute atomic E-state index is 0.0775. The summed E-state index contributed by atoms with van der Waals surface area (Å²) >= 11 is 0. The summed E-state index contributed by atoms with van der Waals surface area (Å²) in [6.45, 7) is 3.63. The smallest absolute Gasteiger partial charge is 0.276 e. The van der Waals surface area contributed by atoms with E-state index in [2.05, 4.69) is 15.2 Å². The third-order valence-corrected chi connectivity index (χ3v) is 6.44. The summed E-state index contributed by atoms with van der Waals surface area (Å²) in [5, 5.41) is 6.99. The van der Waals surface area contributed by atoms with Crippen LogP contribution in [-0.4, -0.2) is 20.0 Å². The number of carbonyl (C=O) groups excluding carboxylic acids is 1. The molecule has 1 saturated carbocycles. The summed E-state index contributed by atoms with van der Waals surface area (Å²) < 4.78 is 24.7. The van der Waals surface area contributed by atoms with Gasteiger partial charge in [-0.05, 0) is 56.5 Å². The van der Waals surface area contributed by atoms with Crippen LogP contribution < -0.4 is 10.1 Å². The van der Waals surface area contributed by atoms with Crippen LogP contribution in [0.1, 0.15) is 50.2 Å². The van der Waals surface area contributed by atoms with E-state index in [-0.39, 0.29) is 16.7 Å². The Morgan fingerprint density at radius 1 is 0.966 bits per heavy atom. The van der Waals surface area contributed by atoms with Crippen molar-refractivity contribution in [3.63, 3.8) is 0 Å². The summed E-state index contributed by atoms with van der Waals surface area (Å²) in [5.74, 6) is 0.177. The fraction of sp³-hybridized carbons (Fsp3) is 0.364. The Balaban J connectivity index is 1.62. The molecule has 6 nitrogen and oxygen atoms in total. The van der Waals surface area contributed by atoms with Crippen molar-refractivity contribution < 1.29 is 13.2 Å². The molecule has 0 aliphatic heterocycles. The standard InChI is InChI=1S/C22H27N3O3S/c1-16-8-14-21(15-9-16)29(27,28)25-24-17(2)18-10-12-20(13-11-18)23-22(26)19-6-4-3-5-7-19/h8-15,19,25H,3-7H2,1-2H3,(H,23,26)/b24-17+. The average Bonchev–Trinajstić information content (AvgIpc) is 2.73. The van der Waals surface area contributed by atoms with Gasteiger partial charge in [0.05, 0.1) is 10.6 Å². The van der Waals surface area contributed by atoms with Crippen LogP contribution in [-0.2, 0) is 14.8 Å². The molecule has 1 fully saturated rings. The van der Waals surface area contributed by atoms with E-state index in [9.17, 15) is 13.2 Å². The minimum Gasteiger partial charge on any atom is -0.326 e. The molecule has 2 aromatic carbocycles. The summed E-state index contributed by atoms with van der Waals surface area (Å²) in [6, 6.07) is 13.8. The highest BCUT2D eigenvalue weighted by Crippen LogP contribution is 2.25. The zero-order chi connectivity index (χ0) is 20.9. The topological polar surface area (TPSA) is 87.6 Å². The molecule has 0 aromatic heterocycles. The number of nitrogens with one attached hydrogen (secondary N) is 2. The molecule has 0 unspecified atom stereocenters. The molecule has 1 aliphatic carbocycles. The van der Waals surface area contributed by atoms with Crippen LogP contribution in [0, 0.1) is 12.8 Å². The zero-order valence-corrected chi connectivity index (χ0v) is 17.6. The molecule has 0 heterocycles. The Kier molecular flexibility index (Phi) is 6.69. The summed E-state index contributed by atoms with van der Waals surface area (Å²) in [5.41, 5.74) is 3.02. The lowest BCUT2D eigenvalue weighted by atomic mass is 9.88. The number of aryl methyl sites for hydroxylation is 1. The Labute approximate surface area is 172 Å². The van der Waals surface area contributed by atoms with Crippen molar-refractivity contribution in [3.05, 3.63) is 59.7 Å². The van der Waals surface area contributed by atoms with Gasteiger partial charge in [0.25, 0.3) is 10.0 Å². The SMILES string of the molecule is C/C(=N\NS(=O)(=O)c1ccc(C)cc1)c1ccc(NC(=O)C2CCCCC2)cc1. The van der Waals surface area contributed by atoms with E-state index in [0.29, 0.717) is 5.71 Å². The minimum atomic E-state index is -3.71. The van der Waals surface area contributed by atoms with Gasteiger partial charge in [-0.15, -0.1) is 0 Å². The van der Waals surface area contributed by atoms with Crippen LogP contribution in [0.4, 0.5) is 5.69 Å². The van der Waals surface area contributed by atoms with E-state index in [1.165, 1.54) is 6.42 Å². The molecule has 2 N–H and O–H groups in total. The average molecular weight is 414 g/mol. The number of hydrazone groups is 1. The molecule has 0 saturated heterocycles. The van der Waals surface area contributed by atoms with Gasteiger partial charge in [0.1, 0.15) is 0 Å². The van der Waals surface area contributed by atoms with Gasteiger partial charge in [0.2, 0.25) is 5.91 Å². The molecule has 1 amide bonds. The molecule has 0 spiro atoms. The van der Waals surface area contributed by atoms with E-state index in [4.69, 9.17) is 0 Å². The number of amides is 1. The van der Waals surface area contributed by atoms with Crippen molar-refractivity contribution >= 4 is 27.3 Å². The Morgan fingerprint density at radius 2 is 1.59 bits per heavy atom. The molecule has 0 radical (unpaired) electrons. The highest BCUT2D eigenvalue weighted by molar-refractivity contribution is 7.89. The van der Waals surface area contributed by atoms with Crippen LogP contribution in [0.3, 0.4) is 0 Å². The van der Waals surface area contributed by atoms with Gasteiger partial charge in [-0.1, -0.05) is 49.1 Å². The van der Waals surface area contributed by atoms with Crippen molar-refractivity contribution in [2.45, 2.75) is 50.8 Å². The fourth-order valence-electron chi connectivity index (χ4n) is 3.37. The number of rotatable bonds is 6. The van der Waals surface area contributed by atoms with Gasteiger partial charge in [-0.2, -0.15) is 18.4 Å². The van der Waals surface area contributed by atoms with Crippen molar-refractivity contribution in [1.82, 2.24) is 4.83 Å². The van der Waals surface area contributed by atoms with Crippen LogP contribution >= 0.6 is 0 Å². The van der Waals surface area contributed by atoms with Gasteiger partial charge in [-0.25, -0.2) is 0 Å². The number of hydrogen-bond acceptors (Lipinski definition) is 4. The maximum atomic E-state index is 12.3. The molecule has 1 aliphatic rings. The number of nitrogens with zero attached hydrogens (tertiary/aromatic N) is 1. The lowest BCUT2D eigenvalue weighted by Crippen LogP contribution is -2.24. The fourth-order valence-corrected chi connectivity index (χ4v) is 4.22. The summed E-state index contributed by atoms with van der Waals surface area (Å²) in [4.78, 5) is 14.8. The maximum absolute atomic E-state index is 12.3. The van der Waals surface area contributed by atoms with Crippen molar-refractivity contribution in [3.8, 4) is 0 Å². The third-order valence-electron chi connectivity index (χ3n) is 5.21. The first-order chi connectivity index (χ1) is 13.8. The van der Waals surface area contributed by atoms with E-state index in [1.54, 1.807) is 31.2 Å². The molecule has 2 aromatic rings. The van der Waals surface area contributed by atoms with Crippen LogP contribution in [0.25, 0.3) is 0 Å². The Hall–Kier alpha value is -2.67. The number of sulfonamides is 1. The lowest BCUT2D eigenvalue weighted by Gasteiger charge is -2.20. The Bertz CT molecular complexity index is 975. The lowest BCUT2D eigenvalue weighted by molar-refractivity contribution is -0.120. The van der Waals surface area contributed by atoms with Crippen LogP contribution in [0.5, 0.6) is 0 Å². The van der Waals surface area contributed by atoms with Crippen LogP contribution in [0.15, 0.2) is 58.5 Å². The van der Waals surface area contributed by atoms with E-state index < -0.39 is 10.0 Å². The summed E-state index contributed by atoms with van der Waals surface area (Å²) in [6.07, 6.45) is 5.36. The number of benzene rings is 2. The number of anilines is 1. The van der Waals surface area contributed by atoms with Gasteiger partial charge >= 0.3 is 0 Å². The quantitative estimate of drug-likeness (QED) is 0.549. The summed E-state index contributed by atoms with van der Waals surface area (Å²) in [7, 11) is -3.71. The van der Waals surface area contributed by atoms with E-state index in [1.807, 2.05) is 31.2 Å². The monoisotopic (exact) mass is 413 g/mol. The van der Waals surface area contributed by atoms with Gasteiger partial charge in [-0.3, -0.25) is 4.79 Å². The van der Waals surface area contributed by atoms with E-state index >= 15 is 0 Å². The zero-order valence-electron chi connectivity index (χ0n) is 16.8. The van der Waals surface area contributed by atoms with Gasteiger partial charge in [0.15, 0.2) is 0 Å². The second-order valence-electron chi connectivity index (χ2n) is 7.51. The predicted molar refractivity (Wildman–Crippen MR) is 115 cm³/mol. The molecule has 154 valence electrons. The van der Waals surface area contributed by atoms with Crippen molar-refractivity contribution in [2.75, 3.05) is 5.32 Å². The molecule has 3 rings (SSSR count). The van der Waals surface area contributed by atoms with E-state index in [0.717, 1.165) is 42.5 Å². The largest absolute Gasteiger partial charge is 0.326 e. The molecule has 0 bridgehead atoms. The first-order valence-electron chi connectivity index (χ1n) is 9.89. The first kappa shape index (κ1) is 21.0. The first-order valence-corrected chi connectivity index (χ1v) is 11.4. The maximum Gasteiger partial charge on any atom is 0.276 e. The molecule has 0 atom stereocenters. The normalized spacial score (nSPS) is 15.7. The second kappa shape index (κ2) is 9.22. The predicted octanol–water partition coefficient (Wildman–Crippen LogP) is 4.22. The molecular formula is C22H27N3O3S. The molecular weight excluding hydrogens is 386 g/mol. The third kappa shape index (κ3) is 5.67. The van der Waals surface area contributed by atoms with Crippen molar-refractivity contribution in [1.29, 1.82) is 0 Å². The number of carbonyl (C=O) groups is 1. The Morgan fingerprint density at radius 3 is 2.21 bits per heavy atom. The molecule has 29 heavy (non-hydrogen) atoms. The number of hydrogen-bond donors (Lipinski definition) is 2. The van der Waals surface area contributed by atoms with Gasteiger partial charge in [0, 0.05) is 11.6 Å². The van der Waals surface area contributed by atoms with Crippen LogP contribution in [0.2, 0.25) is 0 Å². The van der Waals surface area contributed by atoms with Crippen molar-refractivity contribution in [2.24, 2.45) is 11.0 Å². The second-order valence-corrected chi connectivity index (χ2v) is 9.17. The highest BCUT2D eigenvalue weighted by atomic mass is 32.2. The van der Waals surface area contributed by atoms with Gasteiger partial charge < -0.3 is 5.32 Å².